The zero-order valence-corrected chi connectivity index (χ0v) is 13.0. The van der Waals surface area contributed by atoms with Gasteiger partial charge in [-0.05, 0) is 31.0 Å². The Morgan fingerprint density at radius 3 is 2.75 bits per heavy atom. The average molecular weight is 311 g/mol. The van der Waals surface area contributed by atoms with E-state index in [1.54, 1.807) is 32.2 Å². The highest BCUT2D eigenvalue weighted by atomic mass is 32.2. The molecule has 2 rings (SSSR count). The molecule has 0 saturated heterocycles. The van der Waals surface area contributed by atoms with Crippen LogP contribution >= 0.6 is 11.3 Å². The Balaban J connectivity index is 2.16. The van der Waals surface area contributed by atoms with Gasteiger partial charge in [0.25, 0.3) is 0 Å². The molecule has 0 atom stereocenters. The maximum Gasteiger partial charge on any atom is 0.241 e. The van der Waals surface area contributed by atoms with Gasteiger partial charge in [0, 0.05) is 30.2 Å². The van der Waals surface area contributed by atoms with Crippen LogP contribution < -0.4 is 10.5 Å². The molecule has 1 aromatic carbocycles. The second-order valence-electron chi connectivity index (χ2n) is 4.50. The van der Waals surface area contributed by atoms with Crippen molar-refractivity contribution in [2.24, 2.45) is 0 Å². The molecular formula is C13H17N3O2S2. The summed E-state index contributed by atoms with van der Waals surface area (Å²) in [5.41, 5.74) is 7.56. The van der Waals surface area contributed by atoms with Crippen LogP contribution in [0.4, 0.5) is 5.69 Å². The van der Waals surface area contributed by atoms with Crippen molar-refractivity contribution in [1.82, 2.24) is 9.71 Å². The number of nitrogens with two attached hydrogens (primary N) is 1. The zero-order chi connectivity index (χ0) is 14.8. The fourth-order valence-corrected chi connectivity index (χ4v) is 4.15. The van der Waals surface area contributed by atoms with Gasteiger partial charge in [-0.3, -0.25) is 0 Å². The van der Waals surface area contributed by atoms with E-state index in [0.29, 0.717) is 29.8 Å². The van der Waals surface area contributed by atoms with Crippen LogP contribution in [0, 0.1) is 13.8 Å². The molecule has 5 nitrogen and oxygen atoms in total. The molecule has 1 heterocycles. The van der Waals surface area contributed by atoms with E-state index < -0.39 is 10.0 Å². The topological polar surface area (TPSA) is 85.1 Å². The first-order valence-electron chi connectivity index (χ1n) is 6.15. The first-order valence-corrected chi connectivity index (χ1v) is 8.52. The van der Waals surface area contributed by atoms with Gasteiger partial charge >= 0.3 is 0 Å². The summed E-state index contributed by atoms with van der Waals surface area (Å²) in [5.74, 6) is 0. The lowest BCUT2D eigenvalue weighted by Crippen LogP contribution is -2.27. The highest BCUT2D eigenvalue weighted by Crippen LogP contribution is 2.24. The first kappa shape index (κ1) is 15.0. The van der Waals surface area contributed by atoms with Gasteiger partial charge in [-0.1, -0.05) is 6.07 Å². The number of sulfonamides is 1. The van der Waals surface area contributed by atoms with Crippen molar-refractivity contribution in [2.45, 2.75) is 25.2 Å². The van der Waals surface area contributed by atoms with Crippen LogP contribution in [0.5, 0.6) is 0 Å². The van der Waals surface area contributed by atoms with Gasteiger partial charge < -0.3 is 5.73 Å². The molecule has 108 valence electrons. The van der Waals surface area contributed by atoms with E-state index in [1.807, 2.05) is 5.38 Å². The number of aromatic nitrogens is 1. The first-order chi connectivity index (χ1) is 9.42. The second kappa shape index (κ2) is 5.90. The lowest BCUT2D eigenvalue weighted by Gasteiger charge is -2.13. The van der Waals surface area contributed by atoms with E-state index in [1.165, 1.54) is 11.3 Å². The van der Waals surface area contributed by atoms with Crippen LogP contribution in [0.25, 0.3) is 0 Å². The molecule has 3 N–H and O–H groups in total. The van der Waals surface area contributed by atoms with Crippen molar-refractivity contribution in [1.29, 1.82) is 0 Å². The smallest absolute Gasteiger partial charge is 0.241 e. The van der Waals surface area contributed by atoms with E-state index in [2.05, 4.69) is 9.71 Å². The Morgan fingerprint density at radius 2 is 2.10 bits per heavy atom. The number of nitrogens with one attached hydrogen (secondary N) is 1. The highest BCUT2D eigenvalue weighted by Gasteiger charge is 2.20. The molecule has 0 spiro atoms. The zero-order valence-electron chi connectivity index (χ0n) is 11.4. The van der Waals surface area contributed by atoms with Crippen molar-refractivity contribution in [3.63, 3.8) is 0 Å². The molecule has 0 unspecified atom stereocenters. The second-order valence-corrected chi connectivity index (χ2v) is 7.18. The molecule has 2 aromatic rings. The van der Waals surface area contributed by atoms with Gasteiger partial charge in [-0.15, -0.1) is 11.3 Å². The standard InChI is InChI=1S/C13H17N3O2S2/c1-9-3-4-11(14)10(2)13(9)20(17,18)16-6-5-12-15-7-8-19-12/h3-4,7-8,16H,5-6,14H2,1-2H3. The lowest BCUT2D eigenvalue weighted by atomic mass is 10.1. The summed E-state index contributed by atoms with van der Waals surface area (Å²) < 4.78 is 27.3. The van der Waals surface area contributed by atoms with Crippen LogP contribution in [-0.2, 0) is 16.4 Å². The highest BCUT2D eigenvalue weighted by molar-refractivity contribution is 7.89. The van der Waals surface area contributed by atoms with Crippen molar-refractivity contribution in [3.8, 4) is 0 Å². The minimum Gasteiger partial charge on any atom is -0.398 e. The summed E-state index contributed by atoms with van der Waals surface area (Å²) in [7, 11) is -3.55. The molecule has 0 amide bonds. The number of nitrogens with zero attached hydrogens (tertiary/aromatic N) is 1. The molecule has 7 heteroatoms. The number of benzene rings is 1. The Kier molecular flexibility index (Phi) is 4.42. The SMILES string of the molecule is Cc1ccc(N)c(C)c1S(=O)(=O)NCCc1nccs1. The number of hydrogen-bond acceptors (Lipinski definition) is 5. The molecule has 0 saturated carbocycles. The Morgan fingerprint density at radius 1 is 1.35 bits per heavy atom. The van der Waals surface area contributed by atoms with Gasteiger partial charge in [0.2, 0.25) is 10.0 Å². The number of thiazole rings is 1. The van der Waals surface area contributed by atoms with Crippen LogP contribution in [0.15, 0.2) is 28.6 Å². The summed E-state index contributed by atoms with van der Waals surface area (Å²) >= 11 is 1.51. The van der Waals surface area contributed by atoms with E-state index in [0.717, 1.165) is 5.01 Å². The quantitative estimate of drug-likeness (QED) is 0.825. The predicted octanol–water partition coefficient (Wildman–Crippen LogP) is 1.86. The van der Waals surface area contributed by atoms with Gasteiger partial charge in [0.15, 0.2) is 0 Å². The van der Waals surface area contributed by atoms with E-state index in [9.17, 15) is 8.42 Å². The van der Waals surface area contributed by atoms with Crippen LogP contribution in [-0.4, -0.2) is 19.9 Å². The van der Waals surface area contributed by atoms with Gasteiger partial charge in [0.05, 0.1) is 9.90 Å². The molecule has 0 aliphatic rings. The third kappa shape index (κ3) is 3.17. The molecule has 20 heavy (non-hydrogen) atoms. The van der Waals surface area contributed by atoms with E-state index in [4.69, 9.17) is 5.73 Å². The van der Waals surface area contributed by atoms with Crippen molar-refractivity contribution < 1.29 is 8.42 Å². The summed E-state index contributed by atoms with van der Waals surface area (Å²) in [5, 5.41) is 2.78. The fourth-order valence-electron chi connectivity index (χ4n) is 2.00. The Hall–Kier alpha value is -1.44. The maximum atomic E-state index is 12.4. The monoisotopic (exact) mass is 311 g/mol. The van der Waals surface area contributed by atoms with Crippen molar-refractivity contribution >= 4 is 27.0 Å². The van der Waals surface area contributed by atoms with Gasteiger partial charge in [-0.25, -0.2) is 18.1 Å². The van der Waals surface area contributed by atoms with Crippen LogP contribution in [0.2, 0.25) is 0 Å². The van der Waals surface area contributed by atoms with Crippen molar-refractivity contribution in [2.75, 3.05) is 12.3 Å². The predicted molar refractivity (Wildman–Crippen MR) is 81.3 cm³/mol. The fraction of sp³-hybridized carbons (Fsp3) is 0.308. The Bertz CT molecular complexity index is 695. The van der Waals surface area contributed by atoms with E-state index >= 15 is 0 Å². The molecule has 0 aliphatic heterocycles. The summed E-state index contributed by atoms with van der Waals surface area (Å²) in [4.78, 5) is 4.40. The minimum absolute atomic E-state index is 0.275. The number of nitrogen functional groups attached to an aromatic ring is 1. The summed E-state index contributed by atoms with van der Waals surface area (Å²) in [6.45, 7) is 3.81. The van der Waals surface area contributed by atoms with Crippen LogP contribution in [0.3, 0.4) is 0 Å². The molecule has 0 fully saturated rings. The Labute approximate surface area is 122 Å². The largest absolute Gasteiger partial charge is 0.398 e. The number of hydrogen-bond donors (Lipinski definition) is 2. The molecule has 0 aliphatic carbocycles. The lowest BCUT2D eigenvalue weighted by molar-refractivity contribution is 0.580. The van der Waals surface area contributed by atoms with Gasteiger partial charge in [-0.2, -0.15) is 0 Å². The minimum atomic E-state index is -3.55. The molecular weight excluding hydrogens is 294 g/mol. The number of anilines is 1. The summed E-state index contributed by atoms with van der Waals surface area (Å²) in [6, 6.07) is 3.44. The number of rotatable bonds is 5. The third-order valence-electron chi connectivity index (χ3n) is 3.03. The maximum absolute atomic E-state index is 12.4. The molecule has 0 bridgehead atoms. The van der Waals surface area contributed by atoms with Crippen molar-refractivity contribution in [3.05, 3.63) is 39.8 Å². The third-order valence-corrected chi connectivity index (χ3v) is 5.62. The van der Waals surface area contributed by atoms with Crippen LogP contribution in [0.1, 0.15) is 16.1 Å². The molecule has 0 radical (unpaired) electrons. The average Bonchev–Trinajstić information content (AvgIpc) is 2.87. The summed E-state index contributed by atoms with van der Waals surface area (Å²) in [6.07, 6.45) is 2.29. The van der Waals surface area contributed by atoms with Gasteiger partial charge in [0.1, 0.15) is 0 Å². The van der Waals surface area contributed by atoms with E-state index in [-0.39, 0.29) is 4.90 Å². The molecule has 1 aromatic heterocycles. The normalized spacial score (nSPS) is 11.7. The number of aryl methyl sites for hydroxylation is 1.